The average Bonchev–Trinajstić information content (AvgIpc) is 2.46. The van der Waals surface area contributed by atoms with Crippen molar-refractivity contribution in [1.82, 2.24) is 4.31 Å². The van der Waals surface area contributed by atoms with E-state index in [4.69, 9.17) is 9.47 Å². The predicted octanol–water partition coefficient (Wildman–Crippen LogP) is 2.11. The highest BCUT2D eigenvalue weighted by atomic mass is 32.2. The van der Waals surface area contributed by atoms with Crippen molar-refractivity contribution in [2.75, 3.05) is 6.61 Å². The molecule has 0 spiro atoms. The molecule has 2 atom stereocenters. The number of ether oxygens (including phenoxy) is 2. The summed E-state index contributed by atoms with van der Waals surface area (Å²) in [5.41, 5.74) is 0. The summed E-state index contributed by atoms with van der Waals surface area (Å²) in [6, 6.07) is 8.10. The first-order valence-corrected chi connectivity index (χ1v) is 8.41. The highest BCUT2D eigenvalue weighted by Gasteiger charge is 2.43. The highest BCUT2D eigenvalue weighted by Crippen LogP contribution is 2.33. The van der Waals surface area contributed by atoms with Gasteiger partial charge in [-0.1, -0.05) is 24.3 Å². The van der Waals surface area contributed by atoms with Gasteiger partial charge in [-0.15, -0.1) is 0 Å². The Morgan fingerprint density at radius 3 is 2.67 bits per heavy atom. The Balaban J connectivity index is 1.92. The molecule has 0 amide bonds. The van der Waals surface area contributed by atoms with Crippen LogP contribution in [0, 0.1) is 0 Å². The lowest BCUT2D eigenvalue weighted by molar-refractivity contribution is -0.287. The van der Waals surface area contributed by atoms with Gasteiger partial charge in [0.05, 0.1) is 23.6 Å². The van der Waals surface area contributed by atoms with Gasteiger partial charge in [-0.3, -0.25) is 4.31 Å². The molecule has 2 heterocycles. The minimum atomic E-state index is -3.58. The highest BCUT2D eigenvalue weighted by molar-refractivity contribution is 7.89. The maximum Gasteiger partial charge on any atom is 0.264 e. The topological polar surface area (TPSA) is 55.8 Å². The van der Waals surface area contributed by atoms with Gasteiger partial charge >= 0.3 is 0 Å². The van der Waals surface area contributed by atoms with Gasteiger partial charge in [0.1, 0.15) is 0 Å². The summed E-state index contributed by atoms with van der Waals surface area (Å²) < 4.78 is 38.4. The van der Waals surface area contributed by atoms with Crippen LogP contribution < -0.4 is 0 Å². The molecule has 1 aromatic carbocycles. The fourth-order valence-electron chi connectivity index (χ4n) is 2.69. The van der Waals surface area contributed by atoms with E-state index >= 15 is 0 Å². The van der Waals surface area contributed by atoms with E-state index in [2.05, 4.69) is 0 Å². The predicted molar refractivity (Wildman–Crippen MR) is 77.9 cm³/mol. The van der Waals surface area contributed by atoms with E-state index in [1.807, 2.05) is 19.9 Å². The van der Waals surface area contributed by atoms with E-state index in [0.717, 1.165) is 0 Å². The third-order valence-electron chi connectivity index (χ3n) is 3.73. The van der Waals surface area contributed by atoms with Gasteiger partial charge in [0, 0.05) is 6.20 Å². The Labute approximate surface area is 125 Å². The molecule has 0 bridgehead atoms. The van der Waals surface area contributed by atoms with Gasteiger partial charge in [0.15, 0.2) is 5.79 Å². The maximum atomic E-state index is 12.8. The van der Waals surface area contributed by atoms with Crippen LogP contribution in [0.15, 0.2) is 47.5 Å². The van der Waals surface area contributed by atoms with Crippen LogP contribution in [0.1, 0.15) is 20.3 Å². The number of sulfonamides is 1. The molecule has 114 valence electrons. The molecule has 2 aliphatic rings. The lowest BCUT2D eigenvalue weighted by atomic mass is 10.0. The fourth-order valence-corrected chi connectivity index (χ4v) is 4.24. The van der Waals surface area contributed by atoms with Crippen molar-refractivity contribution in [3.63, 3.8) is 0 Å². The van der Waals surface area contributed by atoms with E-state index in [0.29, 0.717) is 13.0 Å². The minimum absolute atomic E-state index is 0.183. The molecule has 0 aromatic heterocycles. The Bertz CT molecular complexity index is 639. The van der Waals surface area contributed by atoms with Gasteiger partial charge in [-0.25, -0.2) is 8.42 Å². The van der Waals surface area contributed by atoms with Crippen LogP contribution in [0.2, 0.25) is 0 Å². The molecular formula is C15H19NO4S. The first kappa shape index (κ1) is 14.6. The van der Waals surface area contributed by atoms with Crippen LogP contribution in [0.5, 0.6) is 0 Å². The van der Waals surface area contributed by atoms with Crippen LogP contribution in [-0.4, -0.2) is 37.3 Å². The Morgan fingerprint density at radius 2 is 1.95 bits per heavy atom. The molecule has 21 heavy (non-hydrogen) atoms. The molecule has 0 saturated carbocycles. The van der Waals surface area contributed by atoms with Gasteiger partial charge in [-0.05, 0) is 32.4 Å². The molecule has 6 heteroatoms. The normalized spacial score (nSPS) is 28.2. The van der Waals surface area contributed by atoms with Crippen molar-refractivity contribution >= 4 is 10.0 Å². The molecule has 0 radical (unpaired) electrons. The molecule has 1 fully saturated rings. The van der Waals surface area contributed by atoms with Crippen LogP contribution in [0.25, 0.3) is 0 Å². The second-order valence-corrected chi connectivity index (χ2v) is 7.55. The zero-order valence-corrected chi connectivity index (χ0v) is 12.9. The molecule has 0 N–H and O–H groups in total. The van der Waals surface area contributed by atoms with Gasteiger partial charge < -0.3 is 9.47 Å². The molecular weight excluding hydrogens is 290 g/mol. The van der Waals surface area contributed by atoms with Crippen LogP contribution in [0.3, 0.4) is 0 Å². The van der Waals surface area contributed by atoms with E-state index in [1.54, 1.807) is 36.5 Å². The molecule has 2 aliphatic heterocycles. The van der Waals surface area contributed by atoms with E-state index in [9.17, 15) is 8.42 Å². The van der Waals surface area contributed by atoms with Crippen molar-refractivity contribution in [3.8, 4) is 0 Å². The summed E-state index contributed by atoms with van der Waals surface area (Å²) in [5.74, 6) is -0.672. The lowest BCUT2D eigenvalue weighted by Gasteiger charge is -2.46. The maximum absolute atomic E-state index is 12.8. The summed E-state index contributed by atoms with van der Waals surface area (Å²) in [5, 5.41) is 0. The zero-order valence-electron chi connectivity index (χ0n) is 12.1. The number of hydrogen-bond acceptors (Lipinski definition) is 4. The van der Waals surface area contributed by atoms with Crippen molar-refractivity contribution in [2.45, 2.75) is 43.1 Å². The lowest BCUT2D eigenvalue weighted by Crippen LogP contribution is -2.57. The summed E-state index contributed by atoms with van der Waals surface area (Å²) >= 11 is 0. The van der Waals surface area contributed by atoms with Crippen molar-refractivity contribution in [3.05, 3.63) is 42.6 Å². The summed E-state index contributed by atoms with van der Waals surface area (Å²) in [7, 11) is -3.58. The smallest absolute Gasteiger partial charge is 0.264 e. The third-order valence-corrected chi connectivity index (χ3v) is 5.55. The van der Waals surface area contributed by atoms with Crippen LogP contribution >= 0.6 is 0 Å². The molecule has 0 unspecified atom stereocenters. The first-order valence-electron chi connectivity index (χ1n) is 6.97. The monoisotopic (exact) mass is 309 g/mol. The Hall–Kier alpha value is -1.37. The van der Waals surface area contributed by atoms with Crippen molar-refractivity contribution in [1.29, 1.82) is 0 Å². The summed E-state index contributed by atoms with van der Waals surface area (Å²) in [6.07, 6.45) is 3.97. The van der Waals surface area contributed by atoms with Gasteiger partial charge in [0.2, 0.25) is 0 Å². The minimum Gasteiger partial charge on any atom is -0.348 e. The number of benzene rings is 1. The SMILES string of the molecule is CC1(C)OC[C@@H]2[C@@H](CC=CN2S(=O)(=O)c2ccccc2)O1. The van der Waals surface area contributed by atoms with E-state index in [1.165, 1.54) is 4.31 Å². The Morgan fingerprint density at radius 1 is 1.24 bits per heavy atom. The van der Waals surface area contributed by atoms with Gasteiger partial charge in [-0.2, -0.15) is 0 Å². The number of rotatable bonds is 2. The molecule has 1 aromatic rings. The van der Waals surface area contributed by atoms with E-state index < -0.39 is 15.8 Å². The molecule has 5 nitrogen and oxygen atoms in total. The number of hydrogen-bond donors (Lipinski definition) is 0. The largest absolute Gasteiger partial charge is 0.348 e. The number of nitrogens with zero attached hydrogens (tertiary/aromatic N) is 1. The molecule has 1 saturated heterocycles. The van der Waals surface area contributed by atoms with Crippen molar-refractivity contribution < 1.29 is 17.9 Å². The fraction of sp³-hybridized carbons (Fsp3) is 0.467. The Kier molecular flexibility index (Phi) is 3.55. The van der Waals surface area contributed by atoms with Gasteiger partial charge in [0.25, 0.3) is 10.0 Å². The van der Waals surface area contributed by atoms with E-state index in [-0.39, 0.29) is 17.0 Å². The molecule has 3 rings (SSSR count). The standard InChI is InChI=1S/C15H19NO4S/c1-15(2)19-11-13-14(20-15)9-6-10-16(13)21(17,18)12-7-4-3-5-8-12/h3-8,10,13-14H,9,11H2,1-2H3/t13-,14-/m1/s1. The molecule has 0 aliphatic carbocycles. The quantitative estimate of drug-likeness (QED) is 0.839. The third kappa shape index (κ3) is 2.71. The average molecular weight is 309 g/mol. The van der Waals surface area contributed by atoms with Crippen LogP contribution in [-0.2, 0) is 19.5 Å². The second kappa shape index (κ2) is 5.12. The van der Waals surface area contributed by atoms with Crippen molar-refractivity contribution in [2.24, 2.45) is 0 Å². The second-order valence-electron chi connectivity index (χ2n) is 5.70. The summed E-state index contributed by atoms with van der Waals surface area (Å²) in [6.45, 7) is 4.02. The van der Waals surface area contributed by atoms with Crippen LogP contribution in [0.4, 0.5) is 0 Å². The number of fused-ring (bicyclic) bond motifs is 1. The summed E-state index contributed by atoms with van der Waals surface area (Å²) in [4.78, 5) is 0.278. The zero-order chi connectivity index (χ0) is 15.1. The first-order chi connectivity index (χ1) is 9.90.